The van der Waals surface area contributed by atoms with E-state index in [0.29, 0.717) is 55.4 Å². The fourth-order valence-electron chi connectivity index (χ4n) is 5.82. The number of likely N-dealkylation sites (tertiary alicyclic amines) is 1. The number of ether oxygens (including phenoxy) is 3. The lowest BCUT2D eigenvalue weighted by Crippen LogP contribution is -2.25. The molecule has 3 heterocycles. The van der Waals surface area contributed by atoms with Crippen molar-refractivity contribution in [2.24, 2.45) is 5.92 Å². The molecule has 4 aromatic rings. The summed E-state index contributed by atoms with van der Waals surface area (Å²) in [5.41, 5.74) is 3.53. The predicted molar refractivity (Wildman–Crippen MR) is 186 cm³/mol. The number of ketones is 1. The van der Waals surface area contributed by atoms with Gasteiger partial charge >= 0.3 is 0 Å². The van der Waals surface area contributed by atoms with Gasteiger partial charge in [0.25, 0.3) is 0 Å². The minimum absolute atomic E-state index is 0.234. The first-order valence-electron chi connectivity index (χ1n) is 16.6. The Labute approximate surface area is 278 Å². The van der Waals surface area contributed by atoms with Crippen molar-refractivity contribution in [1.29, 1.82) is 0 Å². The molecule has 10 heteroatoms. The van der Waals surface area contributed by atoms with Gasteiger partial charge in [0, 0.05) is 39.1 Å². The third-order valence-corrected chi connectivity index (χ3v) is 10.8. The lowest BCUT2D eigenvalue weighted by atomic mass is 10.0. The van der Waals surface area contributed by atoms with Gasteiger partial charge in [0.15, 0.2) is 0 Å². The molecule has 46 heavy (non-hydrogen) atoms. The van der Waals surface area contributed by atoms with E-state index >= 15 is 0 Å². The second-order valence-electron chi connectivity index (χ2n) is 13.9. The van der Waals surface area contributed by atoms with E-state index in [1.807, 2.05) is 24.3 Å². The average Bonchev–Trinajstić information content (AvgIpc) is 3.52. The first kappa shape index (κ1) is 32.7. The van der Waals surface area contributed by atoms with Gasteiger partial charge in [-0.2, -0.15) is 0 Å². The number of hydrogen-bond donors (Lipinski definition) is 0. The van der Waals surface area contributed by atoms with Crippen molar-refractivity contribution in [3.05, 3.63) is 65.4 Å². The largest absolute Gasteiger partial charge is 0.492 e. The predicted octanol–water partition coefficient (Wildman–Crippen LogP) is 8.24. The van der Waals surface area contributed by atoms with Crippen molar-refractivity contribution >= 4 is 36.5 Å². The first-order chi connectivity index (χ1) is 22.2. The van der Waals surface area contributed by atoms with E-state index in [4.69, 9.17) is 25.8 Å². The van der Waals surface area contributed by atoms with Crippen LogP contribution in [0.1, 0.15) is 37.7 Å². The summed E-state index contributed by atoms with van der Waals surface area (Å²) in [7, 11) is -1.24. The Balaban J connectivity index is 1.22. The zero-order chi connectivity index (χ0) is 32.1. The molecule has 1 aliphatic carbocycles. The van der Waals surface area contributed by atoms with Crippen molar-refractivity contribution in [3.63, 3.8) is 0 Å². The molecule has 1 aliphatic heterocycles. The number of rotatable bonds is 16. The zero-order valence-electron chi connectivity index (χ0n) is 27.3. The van der Waals surface area contributed by atoms with Gasteiger partial charge in [0.2, 0.25) is 5.88 Å². The monoisotopic (exact) mass is 660 g/mol. The van der Waals surface area contributed by atoms with Gasteiger partial charge in [0.05, 0.1) is 11.1 Å². The van der Waals surface area contributed by atoms with Gasteiger partial charge < -0.3 is 18.8 Å². The fourth-order valence-corrected chi connectivity index (χ4v) is 6.82. The Kier molecular flexibility index (Phi) is 10.4. The van der Waals surface area contributed by atoms with Crippen molar-refractivity contribution in [3.8, 4) is 28.6 Å². The Bertz CT molecular complexity index is 1640. The third-order valence-electron chi connectivity index (χ3n) is 8.74. The number of aromatic nitrogens is 3. The van der Waals surface area contributed by atoms with Crippen molar-refractivity contribution in [2.75, 3.05) is 32.8 Å². The number of nitrogens with zero attached hydrogens (tertiary/aromatic N) is 4. The van der Waals surface area contributed by atoms with E-state index in [0.717, 1.165) is 59.0 Å². The fraction of sp³-hybridized carbons (Fsp3) is 0.472. The van der Waals surface area contributed by atoms with Crippen LogP contribution in [0.2, 0.25) is 30.7 Å². The highest BCUT2D eigenvalue weighted by Gasteiger charge is 2.25. The van der Waals surface area contributed by atoms with Gasteiger partial charge in [-0.1, -0.05) is 37.3 Å². The molecular formula is C36H45ClN4O4Si. The molecule has 2 aliphatic rings. The SMILES string of the molecule is C[Si](C)(C)CCOCn1c(-c2ccc(OCCN3CCCC3)cc2)cc2c(Oc3ccc(CC(=O)CC4CC4)c(Cl)c3)ncnc21. The lowest BCUT2D eigenvalue weighted by molar-refractivity contribution is -0.118. The van der Waals surface area contributed by atoms with Gasteiger partial charge in [0.1, 0.15) is 42.6 Å². The number of hydrogen-bond acceptors (Lipinski definition) is 7. The van der Waals surface area contributed by atoms with Gasteiger partial charge in [-0.05, 0) is 104 Å². The molecule has 6 rings (SSSR count). The molecule has 0 spiro atoms. The molecule has 0 atom stereocenters. The Hall–Kier alpha value is -3.24. The van der Waals surface area contributed by atoms with Crippen LogP contribution in [0.5, 0.6) is 17.4 Å². The van der Waals surface area contributed by atoms with Crippen LogP contribution in [0.25, 0.3) is 22.3 Å². The van der Waals surface area contributed by atoms with Crippen molar-refractivity contribution in [2.45, 2.75) is 70.9 Å². The molecule has 2 fully saturated rings. The summed E-state index contributed by atoms with van der Waals surface area (Å²) in [4.78, 5) is 24.0. The number of Topliss-reactive ketones (excluding diaryl/α,β-unsaturated/α-hetero) is 1. The summed E-state index contributed by atoms with van der Waals surface area (Å²) >= 11 is 6.60. The Morgan fingerprint density at radius 3 is 2.46 bits per heavy atom. The van der Waals surface area contributed by atoms with Crippen LogP contribution < -0.4 is 9.47 Å². The molecule has 0 radical (unpaired) electrons. The minimum Gasteiger partial charge on any atom is -0.492 e. The van der Waals surface area contributed by atoms with Crippen LogP contribution >= 0.6 is 11.6 Å². The summed E-state index contributed by atoms with van der Waals surface area (Å²) in [6, 6.07) is 16.8. The smallest absolute Gasteiger partial charge is 0.231 e. The average molecular weight is 661 g/mol. The Morgan fingerprint density at radius 1 is 0.978 bits per heavy atom. The molecule has 1 saturated carbocycles. The van der Waals surface area contributed by atoms with Crippen LogP contribution in [0.3, 0.4) is 0 Å². The summed E-state index contributed by atoms with van der Waals surface area (Å²) in [6.45, 7) is 12.1. The number of carbonyl (C=O) groups is 1. The quantitative estimate of drug-likeness (QED) is 0.0885. The number of halogens is 1. The van der Waals surface area contributed by atoms with E-state index in [1.165, 1.54) is 32.3 Å². The first-order valence-corrected chi connectivity index (χ1v) is 20.7. The molecule has 2 aromatic carbocycles. The van der Waals surface area contributed by atoms with Crippen molar-refractivity contribution < 1.29 is 19.0 Å². The van der Waals surface area contributed by atoms with E-state index in [9.17, 15) is 4.79 Å². The number of carbonyl (C=O) groups excluding carboxylic acids is 1. The van der Waals surface area contributed by atoms with Gasteiger partial charge in [-0.3, -0.25) is 9.69 Å². The van der Waals surface area contributed by atoms with Gasteiger partial charge in [-0.15, -0.1) is 0 Å². The highest BCUT2D eigenvalue weighted by atomic mass is 35.5. The standard InChI is InChI=1S/C36H45ClN4O4Si/c1-46(2,3)19-18-43-25-41-34(27-8-11-30(12-9-27)44-17-16-40-14-4-5-15-40)23-32-35(41)38-24-39-36(32)45-31-13-10-28(33(37)22-31)21-29(42)20-26-6-7-26/h8-13,22-24,26H,4-7,14-21,25H2,1-3H3. The molecule has 0 bridgehead atoms. The molecule has 0 N–H and O–H groups in total. The lowest BCUT2D eigenvalue weighted by Gasteiger charge is -2.17. The van der Waals surface area contributed by atoms with E-state index in [1.54, 1.807) is 6.07 Å². The minimum atomic E-state index is -1.24. The van der Waals surface area contributed by atoms with E-state index < -0.39 is 8.07 Å². The maximum Gasteiger partial charge on any atom is 0.231 e. The highest BCUT2D eigenvalue weighted by molar-refractivity contribution is 6.76. The summed E-state index contributed by atoms with van der Waals surface area (Å²) in [5, 5.41) is 1.29. The highest BCUT2D eigenvalue weighted by Crippen LogP contribution is 2.36. The molecular weight excluding hydrogens is 616 g/mol. The second-order valence-corrected chi connectivity index (χ2v) is 19.9. The molecule has 244 valence electrons. The van der Waals surface area contributed by atoms with E-state index in [-0.39, 0.29) is 5.78 Å². The summed E-state index contributed by atoms with van der Waals surface area (Å²) < 4.78 is 20.7. The Morgan fingerprint density at radius 2 is 1.74 bits per heavy atom. The topological polar surface area (TPSA) is 78.7 Å². The second kappa shape index (κ2) is 14.7. The van der Waals surface area contributed by atoms with Crippen LogP contribution in [-0.2, 0) is 22.7 Å². The maximum atomic E-state index is 12.4. The molecule has 2 aromatic heterocycles. The maximum absolute atomic E-state index is 12.4. The number of benzene rings is 2. The molecule has 1 saturated heterocycles. The van der Waals surface area contributed by atoms with Crippen LogP contribution in [0.4, 0.5) is 0 Å². The van der Waals surface area contributed by atoms with Crippen molar-refractivity contribution in [1.82, 2.24) is 19.4 Å². The van der Waals surface area contributed by atoms with E-state index in [2.05, 4.69) is 57.3 Å². The van der Waals surface area contributed by atoms with Crippen LogP contribution in [0, 0.1) is 5.92 Å². The molecule has 8 nitrogen and oxygen atoms in total. The normalized spacial score (nSPS) is 15.5. The summed E-state index contributed by atoms with van der Waals surface area (Å²) in [6.07, 6.45) is 7.39. The zero-order valence-corrected chi connectivity index (χ0v) is 29.0. The molecule has 0 unspecified atom stereocenters. The molecule has 0 amide bonds. The summed E-state index contributed by atoms with van der Waals surface area (Å²) in [5.74, 6) is 2.64. The van der Waals surface area contributed by atoms with Crippen LogP contribution in [0.15, 0.2) is 54.9 Å². The van der Waals surface area contributed by atoms with Crippen LogP contribution in [-0.4, -0.2) is 66.1 Å². The third kappa shape index (κ3) is 8.76. The number of fused-ring (bicyclic) bond motifs is 1. The van der Waals surface area contributed by atoms with Gasteiger partial charge in [-0.25, -0.2) is 9.97 Å².